The van der Waals surface area contributed by atoms with Crippen molar-refractivity contribution in [1.29, 1.82) is 0 Å². The topological polar surface area (TPSA) is 29.1 Å². The Balaban J connectivity index is 1.72. The molecule has 0 fully saturated rings. The quantitative estimate of drug-likeness (QED) is 0.860. The van der Waals surface area contributed by atoms with E-state index < -0.39 is 0 Å². The number of hydrogen-bond donors (Lipinski definition) is 1. The number of carbonyl (C=O) groups is 1. The maximum Gasteiger partial charge on any atom is 0.251 e. The Morgan fingerprint density at radius 1 is 1.11 bits per heavy atom. The summed E-state index contributed by atoms with van der Waals surface area (Å²) in [5, 5.41) is 2.95. The van der Waals surface area contributed by atoms with Gasteiger partial charge in [0, 0.05) is 5.56 Å². The van der Waals surface area contributed by atoms with Crippen molar-refractivity contribution in [2.75, 3.05) is 0 Å². The Morgan fingerprint density at radius 2 is 1.83 bits per heavy atom. The zero-order chi connectivity index (χ0) is 12.5. The summed E-state index contributed by atoms with van der Waals surface area (Å²) >= 11 is 0. The summed E-state index contributed by atoms with van der Waals surface area (Å²) in [4.78, 5) is 11.9. The van der Waals surface area contributed by atoms with Crippen LogP contribution in [0, 0.1) is 5.82 Å². The van der Waals surface area contributed by atoms with Crippen LogP contribution in [0.3, 0.4) is 0 Å². The van der Waals surface area contributed by atoms with Gasteiger partial charge < -0.3 is 5.32 Å². The first kappa shape index (κ1) is 11.0. The zero-order valence-corrected chi connectivity index (χ0v) is 9.69. The molecule has 2 aromatic carbocycles. The SMILES string of the molecule is O=C(NC1Cc2ccccc21)c1ccc(F)cc1. The van der Waals surface area contributed by atoms with Crippen molar-refractivity contribution >= 4 is 5.91 Å². The van der Waals surface area contributed by atoms with Gasteiger partial charge in [-0.1, -0.05) is 24.3 Å². The number of rotatable bonds is 2. The van der Waals surface area contributed by atoms with Crippen LogP contribution in [0.5, 0.6) is 0 Å². The van der Waals surface area contributed by atoms with E-state index in [1.807, 2.05) is 18.2 Å². The molecule has 0 bridgehead atoms. The first-order valence-corrected chi connectivity index (χ1v) is 5.88. The minimum absolute atomic E-state index is 0.0822. The molecular weight excluding hydrogens is 229 g/mol. The molecule has 1 unspecified atom stereocenters. The third-order valence-electron chi connectivity index (χ3n) is 3.27. The third-order valence-corrected chi connectivity index (χ3v) is 3.27. The number of fused-ring (bicyclic) bond motifs is 1. The van der Waals surface area contributed by atoms with E-state index in [0.717, 1.165) is 6.42 Å². The van der Waals surface area contributed by atoms with Gasteiger partial charge >= 0.3 is 0 Å². The highest BCUT2D eigenvalue weighted by molar-refractivity contribution is 5.94. The van der Waals surface area contributed by atoms with Crippen molar-refractivity contribution in [2.24, 2.45) is 0 Å². The standard InChI is InChI=1S/C15H12FNO/c16-12-7-5-10(6-8-12)15(18)17-14-9-11-3-1-2-4-13(11)14/h1-8,14H,9H2,(H,17,18). The average molecular weight is 241 g/mol. The van der Waals surface area contributed by atoms with Crippen LogP contribution in [0.1, 0.15) is 27.5 Å². The second kappa shape index (κ2) is 4.26. The Hall–Kier alpha value is -2.16. The van der Waals surface area contributed by atoms with Crippen LogP contribution >= 0.6 is 0 Å². The highest BCUT2D eigenvalue weighted by Gasteiger charge is 2.26. The first-order chi connectivity index (χ1) is 8.74. The Labute approximate surface area is 104 Å². The van der Waals surface area contributed by atoms with Gasteiger partial charge in [0.2, 0.25) is 0 Å². The number of halogens is 1. The second-order valence-corrected chi connectivity index (χ2v) is 4.44. The number of amides is 1. The van der Waals surface area contributed by atoms with Gasteiger partial charge in [0.15, 0.2) is 0 Å². The van der Waals surface area contributed by atoms with Crippen LogP contribution in [0.4, 0.5) is 4.39 Å². The van der Waals surface area contributed by atoms with Gasteiger partial charge in [-0.15, -0.1) is 0 Å². The summed E-state index contributed by atoms with van der Waals surface area (Å²) in [7, 11) is 0. The van der Waals surface area contributed by atoms with Crippen molar-refractivity contribution < 1.29 is 9.18 Å². The van der Waals surface area contributed by atoms with Crippen LogP contribution in [0.25, 0.3) is 0 Å². The van der Waals surface area contributed by atoms with Crippen LogP contribution in [0.15, 0.2) is 48.5 Å². The van der Waals surface area contributed by atoms with E-state index >= 15 is 0 Å². The molecule has 0 heterocycles. The van der Waals surface area contributed by atoms with Gasteiger partial charge in [0.05, 0.1) is 6.04 Å². The van der Waals surface area contributed by atoms with Crippen LogP contribution in [-0.4, -0.2) is 5.91 Å². The molecule has 1 aliphatic rings. The molecule has 0 spiro atoms. The van der Waals surface area contributed by atoms with Gasteiger partial charge in [-0.3, -0.25) is 4.79 Å². The number of nitrogens with one attached hydrogen (secondary N) is 1. The maximum absolute atomic E-state index is 12.8. The Morgan fingerprint density at radius 3 is 2.56 bits per heavy atom. The van der Waals surface area contributed by atoms with Crippen molar-refractivity contribution in [3.05, 3.63) is 71.0 Å². The van der Waals surface area contributed by atoms with Crippen LogP contribution < -0.4 is 5.32 Å². The lowest BCUT2D eigenvalue weighted by Crippen LogP contribution is -2.35. The summed E-state index contributed by atoms with van der Waals surface area (Å²) in [6.45, 7) is 0. The Bertz CT molecular complexity index is 592. The smallest absolute Gasteiger partial charge is 0.251 e. The molecule has 0 radical (unpaired) electrons. The molecule has 18 heavy (non-hydrogen) atoms. The average Bonchev–Trinajstić information content (AvgIpc) is 2.36. The molecule has 3 heteroatoms. The van der Waals surface area contributed by atoms with Gasteiger partial charge in [-0.05, 0) is 41.8 Å². The molecule has 0 saturated heterocycles. The first-order valence-electron chi connectivity index (χ1n) is 5.88. The fourth-order valence-corrected chi connectivity index (χ4v) is 2.23. The molecule has 0 aromatic heterocycles. The van der Waals surface area contributed by atoms with Gasteiger partial charge in [0.1, 0.15) is 5.82 Å². The van der Waals surface area contributed by atoms with E-state index in [9.17, 15) is 9.18 Å². The largest absolute Gasteiger partial charge is 0.345 e. The summed E-state index contributed by atoms with van der Waals surface area (Å²) in [6, 6.07) is 13.7. The summed E-state index contributed by atoms with van der Waals surface area (Å²) in [5.74, 6) is -0.491. The van der Waals surface area contributed by atoms with E-state index in [-0.39, 0.29) is 17.8 Å². The molecule has 90 valence electrons. The maximum atomic E-state index is 12.8. The molecule has 1 aliphatic carbocycles. The second-order valence-electron chi connectivity index (χ2n) is 4.44. The van der Waals surface area contributed by atoms with Crippen molar-refractivity contribution in [3.8, 4) is 0 Å². The monoisotopic (exact) mass is 241 g/mol. The van der Waals surface area contributed by atoms with E-state index in [2.05, 4.69) is 11.4 Å². The van der Waals surface area contributed by atoms with E-state index in [1.54, 1.807) is 0 Å². The highest BCUT2D eigenvalue weighted by atomic mass is 19.1. The fraction of sp³-hybridized carbons (Fsp3) is 0.133. The lowest BCUT2D eigenvalue weighted by Gasteiger charge is -2.30. The van der Waals surface area contributed by atoms with E-state index in [0.29, 0.717) is 5.56 Å². The molecule has 2 nitrogen and oxygen atoms in total. The third kappa shape index (κ3) is 1.88. The fourth-order valence-electron chi connectivity index (χ4n) is 2.23. The summed E-state index contributed by atoms with van der Waals surface area (Å²) in [6.07, 6.45) is 0.864. The van der Waals surface area contributed by atoms with Crippen molar-refractivity contribution in [3.63, 3.8) is 0 Å². The zero-order valence-electron chi connectivity index (χ0n) is 9.69. The van der Waals surface area contributed by atoms with E-state index in [4.69, 9.17) is 0 Å². The molecule has 0 saturated carbocycles. The van der Waals surface area contributed by atoms with Gasteiger partial charge in [-0.25, -0.2) is 4.39 Å². The number of benzene rings is 2. The molecule has 1 N–H and O–H groups in total. The number of hydrogen-bond acceptors (Lipinski definition) is 1. The van der Waals surface area contributed by atoms with Crippen molar-refractivity contribution in [2.45, 2.75) is 12.5 Å². The molecule has 1 atom stereocenters. The number of carbonyl (C=O) groups excluding carboxylic acids is 1. The molecule has 0 aliphatic heterocycles. The molecular formula is C15H12FNO. The van der Waals surface area contributed by atoms with E-state index in [1.165, 1.54) is 35.4 Å². The Kier molecular flexibility index (Phi) is 2.59. The lowest BCUT2D eigenvalue weighted by molar-refractivity contribution is 0.0932. The highest BCUT2D eigenvalue weighted by Crippen LogP contribution is 2.32. The molecule has 3 rings (SSSR count). The van der Waals surface area contributed by atoms with Crippen LogP contribution in [-0.2, 0) is 6.42 Å². The lowest BCUT2D eigenvalue weighted by atomic mass is 9.83. The predicted molar refractivity (Wildman–Crippen MR) is 66.8 cm³/mol. The van der Waals surface area contributed by atoms with Crippen molar-refractivity contribution in [1.82, 2.24) is 5.32 Å². The summed E-state index contributed by atoms with van der Waals surface area (Å²) in [5.41, 5.74) is 2.94. The summed E-state index contributed by atoms with van der Waals surface area (Å²) < 4.78 is 12.8. The normalized spacial score (nSPS) is 16.6. The van der Waals surface area contributed by atoms with Gasteiger partial charge in [-0.2, -0.15) is 0 Å². The molecule has 2 aromatic rings. The minimum Gasteiger partial charge on any atom is -0.345 e. The predicted octanol–water partition coefficient (Wildman–Crippen LogP) is 2.85. The minimum atomic E-state index is -0.333. The molecule has 1 amide bonds. The van der Waals surface area contributed by atoms with Crippen LogP contribution in [0.2, 0.25) is 0 Å². The van der Waals surface area contributed by atoms with Gasteiger partial charge in [0.25, 0.3) is 5.91 Å².